The number of aromatic nitrogens is 2. The van der Waals surface area contributed by atoms with E-state index >= 15 is 0 Å². The molecule has 1 N–H and O–H groups in total. The minimum atomic E-state index is -0.854. The molecule has 1 aromatic heterocycles. The summed E-state index contributed by atoms with van der Waals surface area (Å²) in [6.45, 7) is 1.83. The Morgan fingerprint density at radius 2 is 2.24 bits per heavy atom. The second-order valence-corrected chi connectivity index (χ2v) is 4.08. The highest BCUT2D eigenvalue weighted by Gasteiger charge is 2.21. The third kappa shape index (κ3) is 2.08. The van der Waals surface area contributed by atoms with Crippen molar-refractivity contribution in [2.75, 3.05) is 6.61 Å². The molecule has 5 nitrogen and oxygen atoms in total. The average molecular weight is 297 g/mol. The van der Waals surface area contributed by atoms with Crippen LogP contribution in [0.5, 0.6) is 0 Å². The van der Waals surface area contributed by atoms with Crippen LogP contribution in [-0.2, 0) is 9.53 Å². The number of carbonyl (C=O) groups excluding carboxylic acids is 2. The molecule has 0 spiro atoms. The molecule has 2 rings (SSSR count). The molecule has 17 heavy (non-hydrogen) atoms. The number of hydrogen-bond donors (Lipinski definition) is 1. The summed E-state index contributed by atoms with van der Waals surface area (Å²) in [6.07, 6.45) is 0. The Labute approximate surface area is 105 Å². The van der Waals surface area contributed by atoms with Crippen LogP contribution in [0.4, 0.5) is 0 Å². The fourth-order valence-electron chi connectivity index (χ4n) is 1.52. The van der Waals surface area contributed by atoms with Crippen molar-refractivity contribution in [3.05, 3.63) is 28.4 Å². The minimum absolute atomic E-state index is 0.174. The van der Waals surface area contributed by atoms with E-state index in [1.54, 1.807) is 25.1 Å². The van der Waals surface area contributed by atoms with Crippen molar-refractivity contribution < 1.29 is 14.3 Å². The Hall–Kier alpha value is -1.69. The quantitative estimate of drug-likeness (QED) is 0.535. The van der Waals surface area contributed by atoms with Crippen molar-refractivity contribution in [3.8, 4) is 0 Å². The fourth-order valence-corrected chi connectivity index (χ4v) is 2.03. The second-order valence-electron chi connectivity index (χ2n) is 3.29. The van der Waals surface area contributed by atoms with E-state index in [0.717, 1.165) is 0 Å². The van der Waals surface area contributed by atoms with E-state index in [-0.39, 0.29) is 12.2 Å². The number of ketones is 1. The van der Waals surface area contributed by atoms with Gasteiger partial charge in [0.25, 0.3) is 5.78 Å². The van der Waals surface area contributed by atoms with Crippen LogP contribution in [-0.4, -0.2) is 28.6 Å². The molecule has 0 saturated carbocycles. The van der Waals surface area contributed by atoms with E-state index in [4.69, 9.17) is 0 Å². The van der Waals surface area contributed by atoms with E-state index in [0.29, 0.717) is 15.5 Å². The number of rotatable bonds is 3. The van der Waals surface area contributed by atoms with Gasteiger partial charge in [-0.3, -0.25) is 9.89 Å². The predicted molar refractivity (Wildman–Crippen MR) is 64.8 cm³/mol. The van der Waals surface area contributed by atoms with Gasteiger partial charge < -0.3 is 4.74 Å². The zero-order chi connectivity index (χ0) is 12.4. The monoisotopic (exact) mass is 296 g/mol. The van der Waals surface area contributed by atoms with Gasteiger partial charge in [-0.05, 0) is 35.0 Å². The van der Waals surface area contributed by atoms with E-state index < -0.39 is 11.8 Å². The Morgan fingerprint density at radius 1 is 1.47 bits per heavy atom. The van der Waals surface area contributed by atoms with Gasteiger partial charge in [0.05, 0.1) is 12.1 Å². The van der Waals surface area contributed by atoms with Gasteiger partial charge in [0.15, 0.2) is 0 Å². The van der Waals surface area contributed by atoms with Crippen LogP contribution in [0.25, 0.3) is 10.9 Å². The zero-order valence-corrected chi connectivity index (χ0v) is 10.6. The number of ether oxygens (including phenoxy) is 1. The van der Waals surface area contributed by atoms with Gasteiger partial charge in [-0.15, -0.1) is 0 Å². The molecule has 0 bridgehead atoms. The second kappa shape index (κ2) is 4.67. The van der Waals surface area contributed by atoms with Gasteiger partial charge in [-0.2, -0.15) is 5.10 Å². The lowest BCUT2D eigenvalue weighted by Crippen LogP contribution is -2.17. The molecule has 6 heteroatoms. The summed E-state index contributed by atoms with van der Waals surface area (Å²) in [6, 6.07) is 4.99. The standard InChI is InChI=1S/C11H9BrN2O3/c1-2-17-11(16)9(15)6-4-3-5-7-8(6)10(12)14-13-7/h3-5H,2H2,1H3,(H,13,14). The number of esters is 1. The van der Waals surface area contributed by atoms with Gasteiger partial charge in [-0.1, -0.05) is 6.07 Å². The van der Waals surface area contributed by atoms with Crippen LogP contribution >= 0.6 is 15.9 Å². The summed E-state index contributed by atoms with van der Waals surface area (Å²) in [4.78, 5) is 23.3. The summed E-state index contributed by atoms with van der Waals surface area (Å²) in [5, 5.41) is 7.28. The molecule has 0 aliphatic heterocycles. The highest BCUT2D eigenvalue weighted by molar-refractivity contribution is 9.10. The van der Waals surface area contributed by atoms with Crippen molar-refractivity contribution in [1.29, 1.82) is 0 Å². The number of hydrogen-bond acceptors (Lipinski definition) is 4. The molecule has 0 amide bonds. The molecular weight excluding hydrogens is 288 g/mol. The third-order valence-electron chi connectivity index (χ3n) is 2.24. The Bertz CT molecular complexity index is 591. The van der Waals surface area contributed by atoms with Gasteiger partial charge in [0.2, 0.25) is 0 Å². The van der Waals surface area contributed by atoms with Crippen LogP contribution in [0.15, 0.2) is 22.8 Å². The van der Waals surface area contributed by atoms with Crippen molar-refractivity contribution in [2.24, 2.45) is 0 Å². The number of benzene rings is 1. The summed E-state index contributed by atoms with van der Waals surface area (Å²) >= 11 is 3.25. The summed E-state index contributed by atoms with van der Waals surface area (Å²) < 4.78 is 5.26. The number of H-pyrrole nitrogens is 1. The number of nitrogens with zero attached hydrogens (tertiary/aromatic N) is 1. The molecule has 0 fully saturated rings. The number of carbonyl (C=O) groups is 2. The van der Waals surface area contributed by atoms with Crippen LogP contribution in [0.1, 0.15) is 17.3 Å². The number of halogens is 1. The first-order valence-corrected chi connectivity index (χ1v) is 5.78. The lowest BCUT2D eigenvalue weighted by atomic mass is 10.1. The SMILES string of the molecule is CCOC(=O)C(=O)c1cccc2n[nH]c(Br)c12. The highest BCUT2D eigenvalue weighted by Crippen LogP contribution is 2.25. The smallest absolute Gasteiger partial charge is 0.379 e. The van der Waals surface area contributed by atoms with Crippen LogP contribution < -0.4 is 0 Å². The lowest BCUT2D eigenvalue weighted by molar-refractivity contribution is -0.137. The maximum absolute atomic E-state index is 11.9. The molecule has 88 valence electrons. The van der Waals surface area contributed by atoms with Crippen molar-refractivity contribution >= 4 is 38.6 Å². The molecule has 0 aliphatic rings. The topological polar surface area (TPSA) is 72.1 Å². The molecule has 0 radical (unpaired) electrons. The highest BCUT2D eigenvalue weighted by atomic mass is 79.9. The van der Waals surface area contributed by atoms with Gasteiger partial charge in [0.1, 0.15) is 4.60 Å². The zero-order valence-electron chi connectivity index (χ0n) is 8.99. The van der Waals surface area contributed by atoms with Gasteiger partial charge in [0, 0.05) is 10.9 Å². The predicted octanol–water partition coefficient (Wildman–Crippen LogP) is 2.07. The first-order chi connectivity index (χ1) is 8.15. The molecule has 0 aliphatic carbocycles. The first kappa shape index (κ1) is 11.8. The number of nitrogens with one attached hydrogen (secondary N) is 1. The minimum Gasteiger partial charge on any atom is -0.460 e. The summed E-state index contributed by atoms with van der Waals surface area (Å²) in [5.41, 5.74) is 0.897. The van der Waals surface area contributed by atoms with Crippen molar-refractivity contribution in [1.82, 2.24) is 10.2 Å². The van der Waals surface area contributed by atoms with Crippen molar-refractivity contribution in [3.63, 3.8) is 0 Å². The first-order valence-electron chi connectivity index (χ1n) is 4.99. The maximum atomic E-state index is 11.9. The average Bonchev–Trinajstić information content (AvgIpc) is 2.71. The maximum Gasteiger partial charge on any atom is 0.379 e. The normalized spacial score (nSPS) is 10.5. The Kier molecular flexibility index (Phi) is 3.23. The molecule has 0 unspecified atom stereocenters. The molecule has 2 aromatic rings. The number of aromatic amines is 1. The lowest BCUT2D eigenvalue weighted by Gasteiger charge is -2.02. The molecule has 0 atom stereocenters. The Morgan fingerprint density at radius 3 is 2.94 bits per heavy atom. The molecule has 0 saturated heterocycles. The molecule has 1 heterocycles. The largest absolute Gasteiger partial charge is 0.460 e. The van der Waals surface area contributed by atoms with E-state index in [1.165, 1.54) is 0 Å². The van der Waals surface area contributed by atoms with E-state index in [9.17, 15) is 9.59 Å². The van der Waals surface area contributed by atoms with Crippen LogP contribution in [0.2, 0.25) is 0 Å². The van der Waals surface area contributed by atoms with Crippen LogP contribution in [0, 0.1) is 0 Å². The number of Topliss-reactive ketones (excluding diaryl/α,β-unsaturated/α-hetero) is 1. The Balaban J connectivity index is 2.51. The van der Waals surface area contributed by atoms with E-state index in [1.807, 2.05) is 0 Å². The fraction of sp³-hybridized carbons (Fsp3) is 0.182. The molecule has 1 aromatic carbocycles. The third-order valence-corrected chi connectivity index (χ3v) is 2.82. The molecular formula is C11H9BrN2O3. The summed E-state index contributed by atoms with van der Waals surface area (Å²) in [5.74, 6) is -1.52. The van der Waals surface area contributed by atoms with Gasteiger partial charge in [-0.25, -0.2) is 4.79 Å². The van der Waals surface area contributed by atoms with Crippen molar-refractivity contribution in [2.45, 2.75) is 6.92 Å². The summed E-state index contributed by atoms with van der Waals surface area (Å²) in [7, 11) is 0. The number of fused-ring (bicyclic) bond motifs is 1. The van der Waals surface area contributed by atoms with E-state index in [2.05, 4.69) is 30.9 Å². The van der Waals surface area contributed by atoms with Gasteiger partial charge >= 0.3 is 5.97 Å². The van der Waals surface area contributed by atoms with Crippen LogP contribution in [0.3, 0.4) is 0 Å².